The molecule has 2 rings (SSSR count). The quantitative estimate of drug-likeness (QED) is 0.855. The Morgan fingerprint density at radius 1 is 1.21 bits per heavy atom. The van der Waals surface area contributed by atoms with Crippen molar-refractivity contribution in [2.45, 2.75) is 39.5 Å². The topological polar surface area (TPSA) is 61.8 Å². The highest BCUT2D eigenvalue weighted by atomic mass is 16.5. The molecule has 0 saturated heterocycles. The largest absolute Gasteiger partial charge is 0.491 e. The molecule has 24 heavy (non-hydrogen) atoms. The Bertz CT molecular complexity index is 700. The SMILES string of the molecule is CC(C)Oc1ccc2ccccc2c1CNC(=O)N(C)[C@@H](C)CO. The second-order valence-corrected chi connectivity index (χ2v) is 6.23. The number of nitrogens with one attached hydrogen (secondary N) is 1. The van der Waals surface area contributed by atoms with E-state index in [1.165, 1.54) is 4.90 Å². The van der Waals surface area contributed by atoms with Gasteiger partial charge in [-0.15, -0.1) is 0 Å². The van der Waals surface area contributed by atoms with E-state index in [4.69, 9.17) is 4.74 Å². The minimum Gasteiger partial charge on any atom is -0.491 e. The molecule has 2 aromatic carbocycles. The third-order valence-electron chi connectivity index (χ3n) is 4.02. The van der Waals surface area contributed by atoms with Gasteiger partial charge in [0.25, 0.3) is 0 Å². The summed E-state index contributed by atoms with van der Waals surface area (Å²) in [5.41, 5.74) is 0.959. The number of hydrogen-bond donors (Lipinski definition) is 2. The summed E-state index contributed by atoms with van der Waals surface area (Å²) in [6, 6.07) is 11.6. The number of aliphatic hydroxyl groups is 1. The van der Waals surface area contributed by atoms with Crippen LogP contribution in [0.25, 0.3) is 10.8 Å². The van der Waals surface area contributed by atoms with Gasteiger partial charge in [-0.2, -0.15) is 0 Å². The Morgan fingerprint density at radius 2 is 1.92 bits per heavy atom. The zero-order valence-electron chi connectivity index (χ0n) is 14.7. The summed E-state index contributed by atoms with van der Waals surface area (Å²) in [6.07, 6.45) is 0.0534. The number of amides is 2. The maximum atomic E-state index is 12.2. The van der Waals surface area contributed by atoms with Crippen LogP contribution in [0.1, 0.15) is 26.3 Å². The normalized spacial score (nSPS) is 12.2. The summed E-state index contributed by atoms with van der Waals surface area (Å²) < 4.78 is 5.91. The molecule has 0 aliphatic heterocycles. The molecule has 0 aromatic heterocycles. The summed E-state index contributed by atoms with van der Waals surface area (Å²) in [6.45, 7) is 6.05. The van der Waals surface area contributed by atoms with Crippen molar-refractivity contribution in [1.29, 1.82) is 0 Å². The fourth-order valence-electron chi connectivity index (χ4n) is 2.47. The number of aliphatic hydroxyl groups excluding tert-OH is 1. The monoisotopic (exact) mass is 330 g/mol. The van der Waals surface area contributed by atoms with Gasteiger partial charge >= 0.3 is 6.03 Å². The van der Waals surface area contributed by atoms with Gasteiger partial charge in [0.2, 0.25) is 0 Å². The van der Waals surface area contributed by atoms with Crippen molar-refractivity contribution in [2.75, 3.05) is 13.7 Å². The van der Waals surface area contributed by atoms with E-state index in [2.05, 4.69) is 5.32 Å². The van der Waals surface area contributed by atoms with Crippen LogP contribution >= 0.6 is 0 Å². The number of fused-ring (bicyclic) bond motifs is 1. The lowest BCUT2D eigenvalue weighted by molar-refractivity contribution is 0.157. The van der Waals surface area contributed by atoms with Gasteiger partial charge in [-0.25, -0.2) is 4.79 Å². The van der Waals surface area contributed by atoms with Crippen molar-refractivity contribution in [3.63, 3.8) is 0 Å². The number of rotatable bonds is 6. The Labute approximate surface area is 143 Å². The lowest BCUT2D eigenvalue weighted by atomic mass is 10.0. The number of nitrogens with zero attached hydrogens (tertiary/aromatic N) is 1. The van der Waals surface area contributed by atoms with E-state index < -0.39 is 0 Å². The Morgan fingerprint density at radius 3 is 2.58 bits per heavy atom. The molecule has 0 aliphatic carbocycles. The van der Waals surface area contributed by atoms with E-state index in [9.17, 15) is 9.90 Å². The van der Waals surface area contributed by atoms with Crippen LogP contribution in [-0.4, -0.2) is 41.8 Å². The highest BCUT2D eigenvalue weighted by Gasteiger charge is 2.16. The van der Waals surface area contributed by atoms with Crippen molar-refractivity contribution in [2.24, 2.45) is 0 Å². The summed E-state index contributed by atoms with van der Waals surface area (Å²) in [7, 11) is 1.67. The number of carbonyl (C=O) groups excluding carboxylic acids is 1. The van der Waals surface area contributed by atoms with Gasteiger partial charge in [0.05, 0.1) is 18.8 Å². The molecule has 0 bridgehead atoms. The van der Waals surface area contributed by atoms with E-state index in [0.717, 1.165) is 22.1 Å². The second kappa shape index (κ2) is 8.02. The third-order valence-corrected chi connectivity index (χ3v) is 4.02. The minimum atomic E-state index is -0.232. The first-order valence-electron chi connectivity index (χ1n) is 8.22. The molecular formula is C19H26N2O3. The summed E-state index contributed by atoms with van der Waals surface area (Å²) >= 11 is 0. The number of likely N-dealkylation sites (N-methyl/N-ethyl adjacent to an activating group) is 1. The first-order chi connectivity index (χ1) is 11.4. The summed E-state index contributed by atoms with van der Waals surface area (Å²) in [5, 5.41) is 14.3. The molecule has 0 heterocycles. The number of ether oxygens (including phenoxy) is 1. The fourth-order valence-corrected chi connectivity index (χ4v) is 2.47. The number of urea groups is 1. The van der Waals surface area contributed by atoms with Crippen molar-refractivity contribution in [3.05, 3.63) is 42.0 Å². The fraction of sp³-hybridized carbons (Fsp3) is 0.421. The van der Waals surface area contributed by atoms with Crippen LogP contribution in [0.15, 0.2) is 36.4 Å². The molecule has 1 atom stereocenters. The molecule has 130 valence electrons. The van der Waals surface area contributed by atoms with Crippen molar-refractivity contribution in [3.8, 4) is 5.75 Å². The maximum absolute atomic E-state index is 12.2. The molecule has 0 radical (unpaired) electrons. The zero-order valence-corrected chi connectivity index (χ0v) is 14.7. The van der Waals surface area contributed by atoms with Gasteiger partial charge in [-0.05, 0) is 37.6 Å². The number of carbonyl (C=O) groups is 1. The van der Waals surface area contributed by atoms with Crippen LogP contribution in [0.3, 0.4) is 0 Å². The Balaban J connectivity index is 2.27. The standard InChI is InChI=1S/C19H26N2O3/c1-13(2)24-18-10-9-15-7-5-6-8-16(15)17(18)11-20-19(23)21(4)14(3)12-22/h5-10,13-14,22H,11-12H2,1-4H3,(H,20,23)/t14-/m0/s1. The maximum Gasteiger partial charge on any atom is 0.317 e. The molecular weight excluding hydrogens is 304 g/mol. The smallest absolute Gasteiger partial charge is 0.317 e. The molecule has 0 aliphatic rings. The van der Waals surface area contributed by atoms with Crippen LogP contribution < -0.4 is 10.1 Å². The highest BCUT2D eigenvalue weighted by Crippen LogP contribution is 2.28. The summed E-state index contributed by atoms with van der Waals surface area (Å²) in [5.74, 6) is 0.779. The molecule has 2 amide bonds. The minimum absolute atomic E-state index is 0.0534. The van der Waals surface area contributed by atoms with E-state index in [0.29, 0.717) is 6.54 Å². The van der Waals surface area contributed by atoms with Gasteiger partial charge in [0.15, 0.2) is 0 Å². The van der Waals surface area contributed by atoms with E-state index in [-0.39, 0.29) is 24.8 Å². The predicted octanol–water partition coefficient (Wildman–Crippen LogP) is 3.15. The first kappa shape index (κ1) is 18.1. The molecule has 2 aromatic rings. The summed E-state index contributed by atoms with van der Waals surface area (Å²) in [4.78, 5) is 13.7. The van der Waals surface area contributed by atoms with Crippen LogP contribution in [0, 0.1) is 0 Å². The Hall–Kier alpha value is -2.27. The van der Waals surface area contributed by atoms with Crippen LogP contribution in [0.2, 0.25) is 0 Å². The second-order valence-electron chi connectivity index (χ2n) is 6.23. The van der Waals surface area contributed by atoms with Gasteiger partial charge in [-0.3, -0.25) is 0 Å². The number of hydrogen-bond acceptors (Lipinski definition) is 3. The van der Waals surface area contributed by atoms with Gasteiger partial charge < -0.3 is 20.1 Å². The predicted molar refractivity (Wildman–Crippen MR) is 96.3 cm³/mol. The number of benzene rings is 2. The molecule has 0 unspecified atom stereocenters. The molecule has 0 fully saturated rings. The lowest BCUT2D eigenvalue weighted by Crippen LogP contribution is -2.43. The molecule has 0 spiro atoms. The van der Waals surface area contributed by atoms with E-state index in [1.807, 2.05) is 50.2 Å². The van der Waals surface area contributed by atoms with E-state index >= 15 is 0 Å². The average Bonchev–Trinajstić information content (AvgIpc) is 2.58. The lowest BCUT2D eigenvalue weighted by Gasteiger charge is -2.24. The van der Waals surface area contributed by atoms with Gasteiger partial charge in [-0.1, -0.05) is 30.3 Å². The van der Waals surface area contributed by atoms with E-state index in [1.54, 1.807) is 14.0 Å². The van der Waals surface area contributed by atoms with Gasteiger partial charge in [0.1, 0.15) is 5.75 Å². The van der Waals surface area contributed by atoms with Gasteiger partial charge in [0, 0.05) is 19.2 Å². The van der Waals surface area contributed by atoms with Crippen molar-refractivity contribution in [1.82, 2.24) is 10.2 Å². The van der Waals surface area contributed by atoms with Crippen molar-refractivity contribution < 1.29 is 14.6 Å². The van der Waals surface area contributed by atoms with Crippen LogP contribution in [0.4, 0.5) is 4.79 Å². The molecule has 2 N–H and O–H groups in total. The van der Waals surface area contributed by atoms with Crippen LogP contribution in [-0.2, 0) is 6.54 Å². The molecule has 0 saturated carbocycles. The first-order valence-corrected chi connectivity index (χ1v) is 8.22. The molecule has 5 nitrogen and oxygen atoms in total. The Kier molecular flexibility index (Phi) is 6.04. The average molecular weight is 330 g/mol. The zero-order chi connectivity index (χ0) is 17.7. The van der Waals surface area contributed by atoms with Crippen molar-refractivity contribution >= 4 is 16.8 Å². The highest BCUT2D eigenvalue weighted by molar-refractivity contribution is 5.88. The third kappa shape index (κ3) is 4.17. The molecule has 5 heteroatoms. The van der Waals surface area contributed by atoms with Crippen LogP contribution in [0.5, 0.6) is 5.75 Å².